The molecule has 0 aliphatic heterocycles. The van der Waals surface area contributed by atoms with Gasteiger partial charge in [0.15, 0.2) is 6.10 Å². The first-order valence-corrected chi connectivity index (χ1v) is 6.85. The molecule has 0 radical (unpaired) electrons. The summed E-state index contributed by atoms with van der Waals surface area (Å²) >= 11 is 0. The van der Waals surface area contributed by atoms with Gasteiger partial charge in [0, 0.05) is 0 Å². The van der Waals surface area contributed by atoms with E-state index in [9.17, 15) is 14.4 Å². The first-order chi connectivity index (χ1) is 10.1. The minimum Gasteiger partial charge on any atom is -0.481 e. The van der Waals surface area contributed by atoms with Gasteiger partial charge in [-0.15, -0.1) is 0 Å². The van der Waals surface area contributed by atoms with Crippen molar-refractivity contribution >= 4 is 17.9 Å². The van der Waals surface area contributed by atoms with E-state index in [-0.39, 0.29) is 19.3 Å². The van der Waals surface area contributed by atoms with Gasteiger partial charge in [-0.05, 0) is 0 Å². The standard InChI is InChI=1S/C15H23NO6/c1-16(2,3)11-12(10-14(19)20)22-15(21)9-7-5-4-6-8-13(17)18/h4-7,12H,8-11H2,1-3H3,(H-,17,18,19,20)/p+1/b6-4+,7-5+. The van der Waals surface area contributed by atoms with Gasteiger partial charge in [-0.2, -0.15) is 0 Å². The van der Waals surface area contributed by atoms with Gasteiger partial charge < -0.3 is 19.4 Å². The van der Waals surface area contributed by atoms with Gasteiger partial charge in [0.1, 0.15) is 6.54 Å². The number of carbonyl (C=O) groups is 3. The Morgan fingerprint density at radius 1 is 1.00 bits per heavy atom. The number of nitrogens with zero attached hydrogens (tertiary/aromatic N) is 1. The summed E-state index contributed by atoms with van der Waals surface area (Å²) in [6.07, 6.45) is 5.07. The molecule has 0 aromatic heterocycles. The Labute approximate surface area is 130 Å². The Morgan fingerprint density at radius 3 is 2.00 bits per heavy atom. The summed E-state index contributed by atoms with van der Waals surface area (Å²) in [6, 6.07) is 0. The zero-order chi connectivity index (χ0) is 17.2. The SMILES string of the molecule is C[N+](C)(C)CC(CC(=O)O)OC(=O)C/C=C/C=C/CC(=O)O. The van der Waals surface area contributed by atoms with E-state index in [1.807, 2.05) is 21.1 Å². The van der Waals surface area contributed by atoms with Gasteiger partial charge in [-0.1, -0.05) is 24.3 Å². The van der Waals surface area contributed by atoms with Crippen LogP contribution in [-0.4, -0.2) is 66.4 Å². The maximum absolute atomic E-state index is 11.7. The minimum atomic E-state index is -1.02. The number of esters is 1. The summed E-state index contributed by atoms with van der Waals surface area (Å²) in [5.41, 5.74) is 0. The van der Waals surface area contributed by atoms with Gasteiger partial charge in [0.05, 0.1) is 40.4 Å². The number of rotatable bonds is 10. The predicted molar refractivity (Wildman–Crippen MR) is 80.2 cm³/mol. The lowest BCUT2D eigenvalue weighted by atomic mass is 10.2. The van der Waals surface area contributed by atoms with Crippen molar-refractivity contribution in [1.82, 2.24) is 0 Å². The molecular formula is C15H24NO6+. The van der Waals surface area contributed by atoms with Crippen LogP contribution in [0.1, 0.15) is 19.3 Å². The first kappa shape index (κ1) is 19.9. The Balaban J connectivity index is 4.33. The zero-order valence-electron chi connectivity index (χ0n) is 13.2. The molecule has 0 aromatic carbocycles. The summed E-state index contributed by atoms with van der Waals surface area (Å²) in [5.74, 6) is -2.46. The monoisotopic (exact) mass is 314 g/mol. The molecule has 7 heteroatoms. The zero-order valence-corrected chi connectivity index (χ0v) is 13.2. The molecule has 1 atom stereocenters. The summed E-state index contributed by atoms with van der Waals surface area (Å²) in [4.78, 5) is 32.7. The largest absolute Gasteiger partial charge is 0.481 e. The number of hydrogen-bond donors (Lipinski definition) is 2. The average Bonchev–Trinajstić information content (AvgIpc) is 2.29. The molecule has 0 aliphatic carbocycles. The number of aliphatic carboxylic acids is 2. The van der Waals surface area contributed by atoms with E-state index in [1.165, 1.54) is 18.2 Å². The highest BCUT2D eigenvalue weighted by Crippen LogP contribution is 2.06. The molecule has 124 valence electrons. The topological polar surface area (TPSA) is 101 Å². The van der Waals surface area contributed by atoms with Crippen molar-refractivity contribution in [3.8, 4) is 0 Å². The molecule has 7 nitrogen and oxygen atoms in total. The van der Waals surface area contributed by atoms with Crippen LogP contribution in [0, 0.1) is 0 Å². The Bertz CT molecular complexity index is 447. The van der Waals surface area contributed by atoms with Gasteiger partial charge in [-0.3, -0.25) is 14.4 Å². The van der Waals surface area contributed by atoms with E-state index in [4.69, 9.17) is 14.9 Å². The molecule has 22 heavy (non-hydrogen) atoms. The maximum atomic E-state index is 11.7. The highest BCUT2D eigenvalue weighted by molar-refractivity contribution is 5.73. The molecule has 0 amide bonds. The smallest absolute Gasteiger partial charge is 0.310 e. The van der Waals surface area contributed by atoms with Crippen molar-refractivity contribution in [2.75, 3.05) is 27.7 Å². The van der Waals surface area contributed by atoms with Crippen LogP contribution in [0.5, 0.6) is 0 Å². The second kappa shape index (κ2) is 9.73. The highest BCUT2D eigenvalue weighted by Gasteiger charge is 2.24. The first-order valence-electron chi connectivity index (χ1n) is 6.85. The molecule has 0 saturated heterocycles. The lowest BCUT2D eigenvalue weighted by molar-refractivity contribution is -0.873. The van der Waals surface area contributed by atoms with Crippen molar-refractivity contribution in [2.45, 2.75) is 25.4 Å². The molecule has 1 unspecified atom stereocenters. The fraction of sp³-hybridized carbons (Fsp3) is 0.533. The van der Waals surface area contributed by atoms with E-state index in [2.05, 4.69) is 0 Å². The second-order valence-electron chi connectivity index (χ2n) is 5.84. The molecule has 0 aromatic rings. The fourth-order valence-corrected chi connectivity index (χ4v) is 1.67. The third-order valence-electron chi connectivity index (χ3n) is 2.41. The molecule has 0 aliphatic rings. The van der Waals surface area contributed by atoms with Crippen molar-refractivity contribution in [3.63, 3.8) is 0 Å². The van der Waals surface area contributed by atoms with E-state index in [0.717, 1.165) is 0 Å². The average molecular weight is 314 g/mol. The number of carboxylic acid groups (broad SMARTS) is 2. The van der Waals surface area contributed by atoms with Gasteiger partial charge in [-0.25, -0.2) is 0 Å². The second-order valence-corrected chi connectivity index (χ2v) is 5.84. The third kappa shape index (κ3) is 12.9. The predicted octanol–water partition coefficient (Wildman–Crippen LogP) is 1.06. The number of allylic oxidation sites excluding steroid dienone is 2. The summed E-state index contributed by atoms with van der Waals surface area (Å²) in [5, 5.41) is 17.3. The van der Waals surface area contributed by atoms with Crippen LogP contribution >= 0.6 is 0 Å². The van der Waals surface area contributed by atoms with E-state index >= 15 is 0 Å². The molecular weight excluding hydrogens is 290 g/mol. The highest BCUT2D eigenvalue weighted by atomic mass is 16.5. The van der Waals surface area contributed by atoms with E-state index in [0.29, 0.717) is 11.0 Å². The number of hydrogen-bond acceptors (Lipinski definition) is 4. The summed E-state index contributed by atoms with van der Waals surface area (Å²) in [6.45, 7) is 0.403. The maximum Gasteiger partial charge on any atom is 0.310 e. The Hall–Kier alpha value is -2.15. The fourth-order valence-electron chi connectivity index (χ4n) is 1.67. The number of likely N-dealkylation sites (N-methyl/N-ethyl adjacent to an activating group) is 1. The van der Waals surface area contributed by atoms with Crippen molar-refractivity contribution in [2.24, 2.45) is 0 Å². The van der Waals surface area contributed by atoms with Crippen LogP contribution < -0.4 is 0 Å². The summed E-state index contributed by atoms with van der Waals surface area (Å²) in [7, 11) is 5.65. The Kier molecular flexibility index (Phi) is 8.78. The van der Waals surface area contributed by atoms with Crippen molar-refractivity contribution < 1.29 is 33.8 Å². The molecule has 2 N–H and O–H groups in total. The Morgan fingerprint density at radius 2 is 1.55 bits per heavy atom. The minimum absolute atomic E-state index is 0.00464. The van der Waals surface area contributed by atoms with Gasteiger partial charge in [0.2, 0.25) is 0 Å². The lowest BCUT2D eigenvalue weighted by Crippen LogP contribution is -2.43. The van der Waals surface area contributed by atoms with Crippen LogP contribution in [0.3, 0.4) is 0 Å². The quantitative estimate of drug-likeness (QED) is 0.355. The van der Waals surface area contributed by atoms with Crippen LogP contribution in [0.4, 0.5) is 0 Å². The normalized spacial score (nSPS) is 13.4. The molecule has 0 saturated carbocycles. The van der Waals surface area contributed by atoms with Gasteiger partial charge >= 0.3 is 17.9 Å². The number of quaternary nitrogens is 1. The third-order valence-corrected chi connectivity index (χ3v) is 2.41. The number of carbonyl (C=O) groups excluding carboxylic acids is 1. The number of carboxylic acids is 2. The van der Waals surface area contributed by atoms with Crippen molar-refractivity contribution in [3.05, 3.63) is 24.3 Å². The van der Waals surface area contributed by atoms with E-state index < -0.39 is 24.0 Å². The van der Waals surface area contributed by atoms with Crippen LogP contribution in [-0.2, 0) is 19.1 Å². The van der Waals surface area contributed by atoms with Crippen LogP contribution in [0.15, 0.2) is 24.3 Å². The van der Waals surface area contributed by atoms with Gasteiger partial charge in [0.25, 0.3) is 0 Å². The van der Waals surface area contributed by atoms with Crippen LogP contribution in [0.2, 0.25) is 0 Å². The molecule has 0 heterocycles. The molecule has 0 fully saturated rings. The van der Waals surface area contributed by atoms with Crippen molar-refractivity contribution in [1.29, 1.82) is 0 Å². The molecule has 0 rings (SSSR count). The summed E-state index contributed by atoms with van der Waals surface area (Å²) < 4.78 is 5.66. The lowest BCUT2D eigenvalue weighted by Gasteiger charge is -2.28. The number of ether oxygens (including phenoxy) is 1. The molecule has 0 spiro atoms. The van der Waals surface area contributed by atoms with Crippen LogP contribution in [0.25, 0.3) is 0 Å². The van der Waals surface area contributed by atoms with E-state index in [1.54, 1.807) is 6.08 Å². The molecule has 0 bridgehead atoms.